The van der Waals surface area contributed by atoms with Crippen LogP contribution in [0.4, 0.5) is 0 Å². The molecule has 0 bridgehead atoms. The van der Waals surface area contributed by atoms with Crippen LogP contribution in [-0.4, -0.2) is 0 Å². The Morgan fingerprint density at radius 2 is 1.55 bits per heavy atom. The predicted molar refractivity (Wildman–Crippen MR) is 135 cm³/mol. The Morgan fingerprint density at radius 1 is 0.931 bits per heavy atom. The molecule has 0 aromatic heterocycles. The average Bonchev–Trinajstić information content (AvgIpc) is 3.18. The van der Waals surface area contributed by atoms with Gasteiger partial charge >= 0.3 is 43.0 Å². The van der Waals surface area contributed by atoms with Gasteiger partial charge in [0, 0.05) is 0 Å². The SMILES string of the molecule is CCCc1c(C)c(C)c(C)[c-]1C.Cc1cc2ccc3ccccc3c2[cH-]1.[Br][Zr+2][Br]. The van der Waals surface area contributed by atoms with Gasteiger partial charge in [-0.05, 0) is 0 Å². The van der Waals surface area contributed by atoms with Crippen LogP contribution in [0.5, 0.6) is 0 Å². The molecule has 0 saturated heterocycles. The van der Waals surface area contributed by atoms with Crippen LogP contribution in [-0.2, 0) is 25.0 Å². The summed E-state index contributed by atoms with van der Waals surface area (Å²) in [5.74, 6) is 0. The molecule has 0 radical (unpaired) electrons. The van der Waals surface area contributed by atoms with Gasteiger partial charge in [0.05, 0.1) is 0 Å². The third-order valence-corrected chi connectivity index (χ3v) is 5.85. The molecule has 0 amide bonds. The van der Waals surface area contributed by atoms with Gasteiger partial charge in [0.25, 0.3) is 0 Å². The van der Waals surface area contributed by atoms with Crippen molar-refractivity contribution in [2.45, 2.75) is 54.4 Å². The van der Waals surface area contributed by atoms with E-state index in [1.807, 2.05) is 0 Å². The molecule has 0 nitrogen and oxygen atoms in total. The molecule has 0 aliphatic heterocycles. The molecule has 3 heteroatoms. The number of halogens is 2. The Labute approximate surface area is 199 Å². The Morgan fingerprint density at radius 3 is 2.14 bits per heavy atom. The van der Waals surface area contributed by atoms with Crippen LogP contribution >= 0.6 is 24.4 Å². The minimum atomic E-state index is -0.145. The van der Waals surface area contributed by atoms with Crippen molar-refractivity contribution in [3.05, 3.63) is 81.9 Å². The van der Waals surface area contributed by atoms with Crippen LogP contribution in [0, 0.1) is 34.6 Å². The maximum absolute atomic E-state index is 3.23. The van der Waals surface area contributed by atoms with Crippen molar-refractivity contribution in [2.75, 3.05) is 0 Å². The summed E-state index contributed by atoms with van der Waals surface area (Å²) in [5.41, 5.74) is 8.97. The molecule has 0 unspecified atom stereocenters. The van der Waals surface area contributed by atoms with Gasteiger partial charge < -0.3 is 0 Å². The Balaban J connectivity index is 0.000000185. The van der Waals surface area contributed by atoms with Crippen molar-refractivity contribution in [1.82, 2.24) is 0 Å². The third kappa shape index (κ3) is 6.02. The summed E-state index contributed by atoms with van der Waals surface area (Å²) >= 11 is 6.32. The molecular formula is C26H30Br2Zr. The van der Waals surface area contributed by atoms with Gasteiger partial charge in [-0.1, -0.05) is 95.5 Å². The van der Waals surface area contributed by atoms with Gasteiger partial charge in [-0.2, -0.15) is 33.9 Å². The van der Waals surface area contributed by atoms with Crippen LogP contribution in [0.1, 0.15) is 46.7 Å². The molecule has 0 spiro atoms. The second kappa shape index (κ2) is 11.8. The minimum absolute atomic E-state index is 0.145. The summed E-state index contributed by atoms with van der Waals surface area (Å²) in [6, 6.07) is 17.4. The number of benzene rings is 2. The second-order valence-electron chi connectivity index (χ2n) is 7.62. The predicted octanol–water partition coefficient (Wildman–Crippen LogP) is 9.30. The Bertz CT molecular complexity index is 1040. The average molecular weight is 594 g/mol. The van der Waals surface area contributed by atoms with Gasteiger partial charge in [0.15, 0.2) is 0 Å². The van der Waals surface area contributed by atoms with Crippen molar-refractivity contribution in [1.29, 1.82) is 0 Å². The topological polar surface area (TPSA) is 0 Å². The number of hydrogen-bond donors (Lipinski definition) is 0. The second-order valence-corrected chi connectivity index (χ2v) is 19.0. The Hall–Kier alpha value is -0.497. The molecule has 0 atom stereocenters. The molecule has 4 aromatic carbocycles. The fourth-order valence-corrected chi connectivity index (χ4v) is 4.04. The summed E-state index contributed by atoms with van der Waals surface area (Å²) < 4.78 is 0. The number of aryl methyl sites for hydroxylation is 1. The summed E-state index contributed by atoms with van der Waals surface area (Å²) in [4.78, 5) is 0. The van der Waals surface area contributed by atoms with E-state index < -0.39 is 0 Å². The Kier molecular flexibility index (Phi) is 10.1. The van der Waals surface area contributed by atoms with Gasteiger partial charge in [0.1, 0.15) is 0 Å². The third-order valence-electron chi connectivity index (χ3n) is 5.85. The van der Waals surface area contributed by atoms with Gasteiger partial charge in [-0.3, -0.25) is 0 Å². The van der Waals surface area contributed by atoms with Crippen LogP contribution in [0.3, 0.4) is 0 Å². The van der Waals surface area contributed by atoms with E-state index in [-0.39, 0.29) is 18.5 Å². The van der Waals surface area contributed by atoms with E-state index in [0.717, 1.165) is 0 Å². The van der Waals surface area contributed by atoms with Crippen molar-refractivity contribution in [3.8, 4) is 0 Å². The van der Waals surface area contributed by atoms with E-state index in [1.165, 1.54) is 62.2 Å². The summed E-state index contributed by atoms with van der Waals surface area (Å²) in [7, 11) is 0. The monoisotopic (exact) mass is 590 g/mol. The van der Waals surface area contributed by atoms with Crippen LogP contribution in [0.2, 0.25) is 0 Å². The van der Waals surface area contributed by atoms with Crippen molar-refractivity contribution in [2.24, 2.45) is 0 Å². The quantitative estimate of drug-likeness (QED) is 0.203. The first-order valence-electron chi connectivity index (χ1n) is 10.1. The zero-order chi connectivity index (χ0) is 21.6. The van der Waals surface area contributed by atoms with Crippen molar-refractivity contribution >= 4 is 46.0 Å². The first-order valence-corrected chi connectivity index (χ1v) is 21.3. The molecular weight excluding hydrogens is 563 g/mol. The van der Waals surface area contributed by atoms with E-state index in [9.17, 15) is 0 Å². The molecule has 0 heterocycles. The molecule has 0 aliphatic rings. The number of hydrogen-bond acceptors (Lipinski definition) is 0. The van der Waals surface area contributed by atoms with Gasteiger partial charge in [-0.25, -0.2) is 0 Å². The van der Waals surface area contributed by atoms with Gasteiger partial charge in [0.2, 0.25) is 0 Å². The van der Waals surface area contributed by atoms with Crippen molar-refractivity contribution < 1.29 is 18.5 Å². The summed E-state index contributed by atoms with van der Waals surface area (Å²) in [5, 5.41) is 5.41. The fraction of sp³-hybridized carbons (Fsp3) is 0.308. The van der Waals surface area contributed by atoms with Crippen molar-refractivity contribution in [3.63, 3.8) is 0 Å². The zero-order valence-corrected chi connectivity index (χ0v) is 23.9. The van der Waals surface area contributed by atoms with E-state index in [2.05, 4.69) is 115 Å². The first kappa shape index (κ1) is 24.8. The molecule has 0 saturated carbocycles. The molecule has 0 fully saturated rings. The molecule has 29 heavy (non-hydrogen) atoms. The van der Waals surface area contributed by atoms with Crippen LogP contribution in [0.15, 0.2) is 48.5 Å². The van der Waals surface area contributed by atoms with Crippen LogP contribution < -0.4 is 0 Å². The summed E-state index contributed by atoms with van der Waals surface area (Å²) in [6.07, 6.45) is 2.50. The summed E-state index contributed by atoms with van der Waals surface area (Å²) in [6.45, 7) is 13.4. The molecule has 0 N–H and O–H groups in total. The van der Waals surface area contributed by atoms with E-state index >= 15 is 0 Å². The van der Waals surface area contributed by atoms with Gasteiger partial charge in [-0.15, -0.1) is 28.5 Å². The van der Waals surface area contributed by atoms with E-state index in [1.54, 1.807) is 5.56 Å². The van der Waals surface area contributed by atoms with E-state index in [0.29, 0.717) is 0 Å². The number of rotatable bonds is 2. The maximum atomic E-state index is 3.23. The van der Waals surface area contributed by atoms with E-state index in [4.69, 9.17) is 0 Å². The standard InChI is InChI=1S/C14H11.C12H19.2BrH.Zr/c1-10-8-12-7-6-11-4-2-3-5-13(11)14(12)9-10;1-6-7-12-10(4)8(2)9(3)11(12)5;;;/h2-9H,1H3;6-7H2,1-5H3;2*1H;/q2*-1;;;+4/p-2. The fourth-order valence-electron chi connectivity index (χ4n) is 4.04. The first-order chi connectivity index (χ1) is 13.8. The molecule has 152 valence electrons. The van der Waals surface area contributed by atoms with Crippen LogP contribution in [0.25, 0.3) is 21.5 Å². The normalized spacial score (nSPS) is 10.2. The number of fused-ring (bicyclic) bond motifs is 3. The molecule has 0 aliphatic carbocycles. The molecule has 4 aromatic rings. The molecule has 4 rings (SSSR count). The zero-order valence-electron chi connectivity index (χ0n) is 18.3.